The minimum atomic E-state index is -0.649. The fourth-order valence-electron chi connectivity index (χ4n) is 3.13. The molecule has 156 valence electrons. The van der Waals surface area contributed by atoms with Gasteiger partial charge in [-0.3, -0.25) is 14.6 Å². The van der Waals surface area contributed by atoms with E-state index in [1.165, 1.54) is 30.7 Å². The molecule has 2 aromatic rings. The van der Waals surface area contributed by atoms with Gasteiger partial charge in [0.05, 0.1) is 6.20 Å². The Hall–Kier alpha value is -2.90. The summed E-state index contributed by atoms with van der Waals surface area (Å²) in [5, 5.41) is 5.81. The van der Waals surface area contributed by atoms with Crippen LogP contribution in [0.1, 0.15) is 72.6 Å². The molecule has 0 bridgehead atoms. The third kappa shape index (κ3) is 6.30. The van der Waals surface area contributed by atoms with Gasteiger partial charge >= 0.3 is 0 Å². The molecule has 1 atom stereocenters. The smallest absolute Gasteiger partial charge is 0.273 e. The molecule has 0 saturated heterocycles. The van der Waals surface area contributed by atoms with E-state index < -0.39 is 17.3 Å². The number of halogens is 1. The van der Waals surface area contributed by atoms with Crippen LogP contribution in [0.3, 0.4) is 0 Å². The van der Waals surface area contributed by atoms with Crippen LogP contribution in [-0.2, 0) is 0 Å². The Morgan fingerprint density at radius 2 is 1.93 bits per heavy atom. The van der Waals surface area contributed by atoms with Crippen molar-refractivity contribution in [3.05, 3.63) is 53.6 Å². The van der Waals surface area contributed by atoms with E-state index in [0.29, 0.717) is 25.1 Å². The molecule has 2 rings (SSSR count). The molecule has 2 aromatic heterocycles. The molecule has 0 aliphatic carbocycles. The molecule has 0 aliphatic rings. The Morgan fingerprint density at radius 3 is 2.59 bits per heavy atom. The van der Waals surface area contributed by atoms with Crippen molar-refractivity contribution < 1.29 is 14.0 Å². The number of carbonyl (C=O) groups excluding carboxylic acids is 2. The van der Waals surface area contributed by atoms with Gasteiger partial charge in [-0.1, -0.05) is 26.7 Å². The summed E-state index contributed by atoms with van der Waals surface area (Å²) < 4.78 is 14.1. The Labute approximate surface area is 170 Å². The normalized spacial score (nSPS) is 12.8. The average Bonchev–Trinajstić information content (AvgIpc) is 2.74. The van der Waals surface area contributed by atoms with Gasteiger partial charge in [-0.05, 0) is 38.3 Å². The van der Waals surface area contributed by atoms with Crippen molar-refractivity contribution in [3.63, 3.8) is 0 Å². The van der Waals surface area contributed by atoms with Crippen LogP contribution in [0.5, 0.6) is 0 Å². The quantitative estimate of drug-likeness (QED) is 0.637. The molecule has 8 heteroatoms. The summed E-state index contributed by atoms with van der Waals surface area (Å²) in [6, 6.07) is 2.77. The molecular weight excluding hydrogens is 373 g/mol. The van der Waals surface area contributed by atoms with Crippen LogP contribution >= 0.6 is 0 Å². The van der Waals surface area contributed by atoms with Crippen LogP contribution < -0.4 is 10.6 Å². The highest BCUT2D eigenvalue weighted by Gasteiger charge is 2.31. The van der Waals surface area contributed by atoms with Crippen molar-refractivity contribution in [2.75, 3.05) is 6.54 Å². The number of amides is 2. The summed E-state index contributed by atoms with van der Waals surface area (Å²) in [5.74, 6) is -1.51. The van der Waals surface area contributed by atoms with Crippen LogP contribution in [-0.4, -0.2) is 38.8 Å². The van der Waals surface area contributed by atoms with Crippen LogP contribution in [0.15, 0.2) is 30.7 Å². The first kappa shape index (κ1) is 22.4. The summed E-state index contributed by atoms with van der Waals surface area (Å²) >= 11 is 0. The van der Waals surface area contributed by atoms with Crippen LogP contribution in [0.2, 0.25) is 0 Å². The summed E-state index contributed by atoms with van der Waals surface area (Å²) in [6.45, 7) is 6.10. The average molecular weight is 401 g/mol. The number of carbonyl (C=O) groups is 2. The molecule has 1 unspecified atom stereocenters. The van der Waals surface area contributed by atoms with Gasteiger partial charge in [-0.2, -0.15) is 0 Å². The molecule has 2 amide bonds. The largest absolute Gasteiger partial charge is 0.351 e. The summed E-state index contributed by atoms with van der Waals surface area (Å²) in [6.07, 6.45) is 8.08. The van der Waals surface area contributed by atoms with Crippen LogP contribution in [0, 0.1) is 12.7 Å². The SMILES string of the molecule is CCCCC(CC)(CCNC(=O)c1cnccn1)NC(=O)c1nc(C)ccc1F. The standard InChI is InChI=1S/C21H28FN5O2/c1-4-6-9-21(5-2,10-11-25-19(28)17-14-23-12-13-24-17)27-20(29)18-16(22)8-7-15(3)26-18/h7-8,12-14H,4-6,9-11H2,1-3H3,(H,25,28)(H,27,29). The van der Waals surface area contributed by atoms with E-state index in [-0.39, 0.29) is 17.3 Å². The van der Waals surface area contributed by atoms with E-state index in [1.807, 2.05) is 6.92 Å². The molecule has 2 N–H and O–H groups in total. The van der Waals surface area contributed by atoms with Gasteiger partial charge in [0, 0.05) is 30.2 Å². The molecule has 29 heavy (non-hydrogen) atoms. The van der Waals surface area contributed by atoms with E-state index in [2.05, 4.69) is 32.5 Å². The Kier molecular flexibility index (Phi) is 8.18. The maximum atomic E-state index is 14.1. The number of aryl methyl sites for hydroxylation is 1. The topological polar surface area (TPSA) is 96.9 Å². The fourth-order valence-corrected chi connectivity index (χ4v) is 3.13. The lowest BCUT2D eigenvalue weighted by molar-refractivity contribution is 0.0866. The van der Waals surface area contributed by atoms with Crippen LogP contribution in [0.4, 0.5) is 4.39 Å². The fraction of sp³-hybridized carbons (Fsp3) is 0.476. The van der Waals surface area contributed by atoms with Crippen molar-refractivity contribution in [1.29, 1.82) is 0 Å². The molecule has 0 saturated carbocycles. The molecule has 7 nitrogen and oxygen atoms in total. The summed E-state index contributed by atoms with van der Waals surface area (Å²) in [7, 11) is 0. The number of pyridine rings is 1. The Balaban J connectivity index is 2.09. The lowest BCUT2D eigenvalue weighted by atomic mass is 9.86. The highest BCUT2D eigenvalue weighted by atomic mass is 19.1. The number of hydrogen-bond acceptors (Lipinski definition) is 5. The van der Waals surface area contributed by atoms with Crippen molar-refractivity contribution in [3.8, 4) is 0 Å². The van der Waals surface area contributed by atoms with Gasteiger partial charge in [0.25, 0.3) is 11.8 Å². The second-order valence-corrected chi connectivity index (χ2v) is 7.07. The third-order valence-corrected chi connectivity index (χ3v) is 4.95. The lowest BCUT2D eigenvalue weighted by Crippen LogP contribution is -2.50. The molecule has 0 spiro atoms. The second kappa shape index (κ2) is 10.6. The predicted molar refractivity (Wildman–Crippen MR) is 108 cm³/mol. The van der Waals surface area contributed by atoms with E-state index in [1.54, 1.807) is 6.92 Å². The highest BCUT2D eigenvalue weighted by molar-refractivity contribution is 5.93. The molecule has 0 radical (unpaired) electrons. The Morgan fingerprint density at radius 1 is 1.14 bits per heavy atom. The monoisotopic (exact) mass is 401 g/mol. The maximum absolute atomic E-state index is 14.1. The van der Waals surface area contributed by atoms with Crippen molar-refractivity contribution in [1.82, 2.24) is 25.6 Å². The number of nitrogens with zero attached hydrogens (tertiary/aromatic N) is 3. The number of rotatable bonds is 10. The number of nitrogens with one attached hydrogen (secondary N) is 2. The zero-order valence-corrected chi connectivity index (χ0v) is 17.2. The molecule has 2 heterocycles. The zero-order chi connectivity index (χ0) is 21.3. The minimum absolute atomic E-state index is 0.206. The summed E-state index contributed by atoms with van der Waals surface area (Å²) in [4.78, 5) is 36.9. The van der Waals surface area contributed by atoms with Gasteiger partial charge in [0.15, 0.2) is 11.5 Å². The van der Waals surface area contributed by atoms with E-state index >= 15 is 0 Å². The van der Waals surface area contributed by atoms with Gasteiger partial charge in [-0.25, -0.2) is 14.4 Å². The first-order valence-electron chi connectivity index (χ1n) is 9.90. The lowest BCUT2D eigenvalue weighted by Gasteiger charge is -2.34. The van der Waals surface area contributed by atoms with Crippen molar-refractivity contribution >= 4 is 11.8 Å². The second-order valence-electron chi connectivity index (χ2n) is 7.07. The number of hydrogen-bond donors (Lipinski definition) is 2. The molecular formula is C21H28FN5O2. The minimum Gasteiger partial charge on any atom is -0.351 e. The predicted octanol–water partition coefficient (Wildman–Crippen LogP) is 3.21. The van der Waals surface area contributed by atoms with Crippen LogP contribution in [0.25, 0.3) is 0 Å². The highest BCUT2D eigenvalue weighted by Crippen LogP contribution is 2.23. The van der Waals surface area contributed by atoms with Gasteiger partial charge in [-0.15, -0.1) is 0 Å². The summed E-state index contributed by atoms with van der Waals surface area (Å²) in [5.41, 5.74) is 0.0326. The molecule has 0 aliphatic heterocycles. The zero-order valence-electron chi connectivity index (χ0n) is 17.2. The number of aromatic nitrogens is 3. The van der Waals surface area contributed by atoms with E-state index in [0.717, 1.165) is 19.3 Å². The number of unbranched alkanes of at least 4 members (excludes halogenated alkanes) is 1. The van der Waals surface area contributed by atoms with E-state index in [4.69, 9.17) is 0 Å². The molecule has 0 aromatic carbocycles. The van der Waals surface area contributed by atoms with Gasteiger partial charge in [0.1, 0.15) is 5.69 Å². The third-order valence-electron chi connectivity index (χ3n) is 4.95. The van der Waals surface area contributed by atoms with Gasteiger partial charge < -0.3 is 10.6 Å². The first-order valence-corrected chi connectivity index (χ1v) is 9.90. The molecule has 0 fully saturated rings. The van der Waals surface area contributed by atoms with Crippen molar-refractivity contribution in [2.24, 2.45) is 0 Å². The Bertz CT molecular complexity index is 831. The maximum Gasteiger partial charge on any atom is 0.273 e. The van der Waals surface area contributed by atoms with Gasteiger partial charge in [0.2, 0.25) is 0 Å². The van der Waals surface area contributed by atoms with Crippen molar-refractivity contribution in [2.45, 2.75) is 58.4 Å². The van der Waals surface area contributed by atoms with E-state index in [9.17, 15) is 14.0 Å². The first-order chi connectivity index (χ1) is 13.9.